The number of carbonyl (C=O) groups is 1. The van der Waals surface area contributed by atoms with E-state index in [9.17, 15) is 13.2 Å². The van der Waals surface area contributed by atoms with Crippen LogP contribution in [0.4, 0.5) is 0 Å². The largest absolute Gasteiger partial charge is 0.480 e. The molecular weight excluding hydrogens is 264 g/mol. The van der Waals surface area contributed by atoms with Gasteiger partial charge in [-0.1, -0.05) is 13.3 Å². The van der Waals surface area contributed by atoms with E-state index >= 15 is 0 Å². The standard InChI is InChI=1S/C9H14N2O4S2/c1-3-4-7(9(12)13)11-17(14,15)8-5-10-6(2)16-8/h5,7,11H,3-4H2,1-2H3,(H,12,13). The molecule has 0 amide bonds. The summed E-state index contributed by atoms with van der Waals surface area (Å²) >= 11 is 1.01. The number of aliphatic carboxylic acids is 1. The molecule has 1 aromatic heterocycles. The van der Waals surface area contributed by atoms with Gasteiger partial charge in [-0.25, -0.2) is 13.4 Å². The molecule has 6 nitrogen and oxygen atoms in total. The molecule has 0 aliphatic heterocycles. The Hall–Kier alpha value is -0.990. The lowest BCUT2D eigenvalue weighted by molar-refractivity contribution is -0.139. The second-order valence-electron chi connectivity index (χ2n) is 3.50. The zero-order chi connectivity index (χ0) is 13.1. The third-order valence-electron chi connectivity index (χ3n) is 2.04. The van der Waals surface area contributed by atoms with Gasteiger partial charge in [-0.15, -0.1) is 11.3 Å². The molecule has 0 bridgehead atoms. The van der Waals surface area contributed by atoms with Crippen molar-refractivity contribution in [3.8, 4) is 0 Å². The van der Waals surface area contributed by atoms with Crippen molar-refractivity contribution in [1.29, 1.82) is 0 Å². The molecule has 0 saturated heterocycles. The van der Waals surface area contributed by atoms with Crippen LogP contribution >= 0.6 is 11.3 Å². The fourth-order valence-corrected chi connectivity index (χ4v) is 3.58. The highest BCUT2D eigenvalue weighted by Crippen LogP contribution is 2.18. The summed E-state index contributed by atoms with van der Waals surface area (Å²) in [4.78, 5) is 14.7. The molecule has 1 heterocycles. The maximum absolute atomic E-state index is 11.8. The monoisotopic (exact) mass is 278 g/mol. The Balaban J connectivity index is 2.88. The number of hydrogen-bond acceptors (Lipinski definition) is 5. The first-order chi connectivity index (χ1) is 7.86. The molecule has 0 saturated carbocycles. The molecule has 0 aromatic carbocycles. The van der Waals surface area contributed by atoms with Gasteiger partial charge in [-0.3, -0.25) is 4.79 Å². The van der Waals surface area contributed by atoms with Gasteiger partial charge in [0.2, 0.25) is 0 Å². The van der Waals surface area contributed by atoms with Gasteiger partial charge < -0.3 is 5.11 Å². The molecule has 96 valence electrons. The summed E-state index contributed by atoms with van der Waals surface area (Å²) < 4.78 is 25.9. The van der Waals surface area contributed by atoms with Crippen LogP contribution in [0.2, 0.25) is 0 Å². The van der Waals surface area contributed by atoms with Crippen LogP contribution in [-0.2, 0) is 14.8 Å². The van der Waals surface area contributed by atoms with Gasteiger partial charge in [0.15, 0.2) is 4.21 Å². The number of carboxylic acids is 1. The van der Waals surface area contributed by atoms with Gasteiger partial charge in [0.25, 0.3) is 10.0 Å². The average Bonchev–Trinajstić information content (AvgIpc) is 2.64. The molecule has 1 unspecified atom stereocenters. The number of sulfonamides is 1. The van der Waals surface area contributed by atoms with E-state index in [0.29, 0.717) is 11.4 Å². The molecule has 1 rings (SSSR count). The summed E-state index contributed by atoms with van der Waals surface area (Å²) in [6.07, 6.45) is 2.07. The SMILES string of the molecule is CCCC(NS(=O)(=O)c1cnc(C)s1)C(=O)O. The summed E-state index contributed by atoms with van der Waals surface area (Å²) in [6, 6.07) is -1.09. The van der Waals surface area contributed by atoms with Gasteiger partial charge in [-0.05, 0) is 13.3 Å². The van der Waals surface area contributed by atoms with Crippen molar-refractivity contribution in [2.45, 2.75) is 36.9 Å². The molecule has 0 spiro atoms. The minimum atomic E-state index is -3.78. The van der Waals surface area contributed by atoms with Gasteiger partial charge in [0.05, 0.1) is 11.2 Å². The quantitative estimate of drug-likeness (QED) is 0.808. The molecule has 2 N–H and O–H groups in total. The summed E-state index contributed by atoms with van der Waals surface area (Å²) in [5.41, 5.74) is 0. The van der Waals surface area contributed by atoms with Crippen molar-refractivity contribution in [1.82, 2.24) is 9.71 Å². The lowest BCUT2D eigenvalue weighted by Gasteiger charge is -2.12. The number of thiazole rings is 1. The van der Waals surface area contributed by atoms with Crippen LogP contribution in [0.1, 0.15) is 24.8 Å². The second-order valence-corrected chi connectivity index (χ2v) is 6.67. The van der Waals surface area contributed by atoms with E-state index in [1.807, 2.05) is 0 Å². The zero-order valence-electron chi connectivity index (χ0n) is 9.50. The van der Waals surface area contributed by atoms with Crippen LogP contribution in [0.5, 0.6) is 0 Å². The van der Waals surface area contributed by atoms with Gasteiger partial charge in [0, 0.05) is 0 Å². The molecule has 0 radical (unpaired) electrons. The van der Waals surface area contributed by atoms with Crippen molar-refractivity contribution >= 4 is 27.3 Å². The third kappa shape index (κ3) is 3.76. The molecule has 0 fully saturated rings. The summed E-state index contributed by atoms with van der Waals surface area (Å²) in [7, 11) is -3.78. The van der Waals surface area contributed by atoms with E-state index in [1.165, 1.54) is 6.20 Å². The number of nitrogens with zero attached hydrogens (tertiary/aromatic N) is 1. The lowest BCUT2D eigenvalue weighted by atomic mass is 10.2. The van der Waals surface area contributed by atoms with Crippen LogP contribution in [0.25, 0.3) is 0 Å². The topological polar surface area (TPSA) is 96.4 Å². The van der Waals surface area contributed by atoms with Crippen LogP contribution in [-0.4, -0.2) is 30.5 Å². The molecule has 8 heteroatoms. The summed E-state index contributed by atoms with van der Waals surface area (Å²) in [5.74, 6) is -1.17. The molecular formula is C9H14N2O4S2. The highest BCUT2D eigenvalue weighted by Gasteiger charge is 2.25. The van der Waals surface area contributed by atoms with Crippen LogP contribution in [0.3, 0.4) is 0 Å². The normalized spacial score (nSPS) is 13.5. The minimum absolute atomic E-state index is 0.0392. The minimum Gasteiger partial charge on any atom is -0.480 e. The van der Waals surface area contributed by atoms with Gasteiger partial charge in [-0.2, -0.15) is 4.72 Å². The first-order valence-corrected chi connectivity index (χ1v) is 7.34. The predicted octanol–water partition coefficient (Wildman–Crippen LogP) is 0.983. The summed E-state index contributed by atoms with van der Waals surface area (Å²) in [6.45, 7) is 3.48. The Kier molecular flexibility index (Phi) is 4.61. The number of aryl methyl sites for hydroxylation is 1. The first kappa shape index (κ1) is 14.1. The molecule has 0 aliphatic rings. The van der Waals surface area contributed by atoms with Gasteiger partial charge in [0.1, 0.15) is 6.04 Å². The van der Waals surface area contributed by atoms with Crippen molar-refractivity contribution in [2.75, 3.05) is 0 Å². The number of hydrogen-bond donors (Lipinski definition) is 2. The Morgan fingerprint density at radius 1 is 1.65 bits per heavy atom. The van der Waals surface area contributed by atoms with Crippen molar-refractivity contribution < 1.29 is 18.3 Å². The van der Waals surface area contributed by atoms with E-state index < -0.39 is 22.0 Å². The lowest BCUT2D eigenvalue weighted by Crippen LogP contribution is -2.40. The first-order valence-electron chi connectivity index (χ1n) is 5.04. The Morgan fingerprint density at radius 2 is 2.29 bits per heavy atom. The molecule has 17 heavy (non-hydrogen) atoms. The van der Waals surface area contributed by atoms with Crippen molar-refractivity contribution in [2.24, 2.45) is 0 Å². The van der Waals surface area contributed by atoms with E-state index in [0.717, 1.165) is 11.3 Å². The van der Waals surface area contributed by atoms with Crippen LogP contribution in [0.15, 0.2) is 10.4 Å². The van der Waals surface area contributed by atoms with E-state index in [-0.39, 0.29) is 10.6 Å². The van der Waals surface area contributed by atoms with Crippen LogP contribution < -0.4 is 4.72 Å². The van der Waals surface area contributed by atoms with Crippen molar-refractivity contribution in [3.63, 3.8) is 0 Å². The Bertz CT molecular complexity index is 495. The maximum atomic E-state index is 11.8. The molecule has 0 aliphatic carbocycles. The van der Waals surface area contributed by atoms with E-state index in [1.54, 1.807) is 13.8 Å². The highest BCUT2D eigenvalue weighted by atomic mass is 32.2. The third-order valence-corrected chi connectivity index (χ3v) is 4.88. The number of nitrogens with one attached hydrogen (secondary N) is 1. The van der Waals surface area contributed by atoms with Crippen molar-refractivity contribution in [3.05, 3.63) is 11.2 Å². The smallest absolute Gasteiger partial charge is 0.321 e. The number of carboxylic acid groups (broad SMARTS) is 1. The fourth-order valence-electron chi connectivity index (χ4n) is 1.23. The Morgan fingerprint density at radius 3 is 2.71 bits per heavy atom. The Labute approximate surface area is 104 Å². The second kappa shape index (κ2) is 5.56. The number of aromatic nitrogens is 1. The van der Waals surface area contributed by atoms with E-state index in [4.69, 9.17) is 5.11 Å². The van der Waals surface area contributed by atoms with E-state index in [2.05, 4.69) is 9.71 Å². The number of rotatable bonds is 6. The zero-order valence-corrected chi connectivity index (χ0v) is 11.1. The fraction of sp³-hybridized carbons (Fsp3) is 0.556. The summed E-state index contributed by atoms with van der Waals surface area (Å²) in [5, 5.41) is 9.50. The molecule has 1 aromatic rings. The van der Waals surface area contributed by atoms with Crippen LogP contribution in [0, 0.1) is 6.92 Å². The average molecular weight is 278 g/mol. The molecule has 1 atom stereocenters. The predicted molar refractivity (Wildman–Crippen MR) is 63.5 cm³/mol. The van der Waals surface area contributed by atoms with Gasteiger partial charge >= 0.3 is 5.97 Å². The maximum Gasteiger partial charge on any atom is 0.321 e. The highest BCUT2D eigenvalue weighted by molar-refractivity contribution is 7.91.